The van der Waals surface area contributed by atoms with E-state index in [0.717, 1.165) is 22.9 Å². The highest BCUT2D eigenvalue weighted by molar-refractivity contribution is 5.90. The van der Waals surface area contributed by atoms with Crippen LogP contribution in [0.2, 0.25) is 0 Å². The summed E-state index contributed by atoms with van der Waals surface area (Å²) in [5.74, 6) is -0.998. The summed E-state index contributed by atoms with van der Waals surface area (Å²) in [6.45, 7) is 4.30. The van der Waals surface area contributed by atoms with E-state index in [0.29, 0.717) is 13.0 Å². The van der Waals surface area contributed by atoms with Crippen molar-refractivity contribution in [2.45, 2.75) is 33.1 Å². The number of benzene rings is 1. The quantitative estimate of drug-likeness (QED) is 0.735. The molecule has 118 valence electrons. The standard InChI is InChI=1S/C17H22N2O3/c1-3-12-5-4-6-14-13(10-19-17(12)14)8-15(20)18-9-11(2)7-16(21)22/h4-6,10-11,19H,3,7-9H2,1-2H3,(H,18,20)(H,21,22). The van der Waals surface area contributed by atoms with Gasteiger partial charge in [-0.2, -0.15) is 0 Å². The topological polar surface area (TPSA) is 82.2 Å². The first-order chi connectivity index (χ1) is 10.5. The second-order valence-electron chi connectivity index (χ2n) is 5.69. The second-order valence-corrected chi connectivity index (χ2v) is 5.69. The summed E-state index contributed by atoms with van der Waals surface area (Å²) in [6, 6.07) is 6.10. The lowest BCUT2D eigenvalue weighted by Crippen LogP contribution is -2.30. The van der Waals surface area contributed by atoms with E-state index in [4.69, 9.17) is 5.11 Å². The second kappa shape index (κ2) is 7.11. The van der Waals surface area contributed by atoms with E-state index in [2.05, 4.69) is 23.3 Å². The highest BCUT2D eigenvalue weighted by Crippen LogP contribution is 2.22. The molecule has 5 heteroatoms. The third kappa shape index (κ3) is 3.87. The zero-order valence-corrected chi connectivity index (χ0v) is 13.0. The largest absolute Gasteiger partial charge is 0.481 e. The Balaban J connectivity index is 1.99. The van der Waals surface area contributed by atoms with Gasteiger partial charge < -0.3 is 15.4 Å². The van der Waals surface area contributed by atoms with Crippen molar-refractivity contribution in [2.75, 3.05) is 6.54 Å². The van der Waals surface area contributed by atoms with Crippen LogP contribution in [0.3, 0.4) is 0 Å². The van der Waals surface area contributed by atoms with E-state index in [1.807, 2.05) is 25.3 Å². The summed E-state index contributed by atoms with van der Waals surface area (Å²) < 4.78 is 0. The van der Waals surface area contributed by atoms with E-state index < -0.39 is 5.97 Å². The van der Waals surface area contributed by atoms with Gasteiger partial charge in [0.05, 0.1) is 6.42 Å². The first-order valence-electron chi connectivity index (χ1n) is 7.57. The molecule has 0 aliphatic rings. The lowest BCUT2D eigenvalue weighted by atomic mass is 10.0. The maximum Gasteiger partial charge on any atom is 0.303 e. The van der Waals surface area contributed by atoms with Crippen LogP contribution < -0.4 is 5.32 Å². The fraction of sp³-hybridized carbons (Fsp3) is 0.412. The van der Waals surface area contributed by atoms with Crippen molar-refractivity contribution in [3.63, 3.8) is 0 Å². The Hall–Kier alpha value is -2.30. The highest BCUT2D eigenvalue weighted by atomic mass is 16.4. The lowest BCUT2D eigenvalue weighted by Gasteiger charge is -2.10. The lowest BCUT2D eigenvalue weighted by molar-refractivity contribution is -0.138. The molecule has 0 bridgehead atoms. The minimum atomic E-state index is -0.842. The van der Waals surface area contributed by atoms with Crippen molar-refractivity contribution in [3.05, 3.63) is 35.5 Å². The van der Waals surface area contributed by atoms with Gasteiger partial charge in [-0.05, 0) is 23.5 Å². The van der Waals surface area contributed by atoms with Gasteiger partial charge in [-0.3, -0.25) is 9.59 Å². The molecule has 22 heavy (non-hydrogen) atoms. The average Bonchev–Trinajstić information content (AvgIpc) is 2.87. The van der Waals surface area contributed by atoms with E-state index in [-0.39, 0.29) is 18.2 Å². The van der Waals surface area contributed by atoms with Gasteiger partial charge >= 0.3 is 5.97 Å². The summed E-state index contributed by atoms with van der Waals surface area (Å²) in [5.41, 5.74) is 3.29. The number of para-hydroxylation sites is 1. The number of carbonyl (C=O) groups is 2. The SMILES string of the molecule is CCc1cccc2c(CC(=O)NCC(C)CC(=O)O)c[nH]c12. The van der Waals surface area contributed by atoms with Crippen LogP contribution >= 0.6 is 0 Å². The molecular formula is C17H22N2O3. The summed E-state index contributed by atoms with van der Waals surface area (Å²) in [4.78, 5) is 25.9. The number of amides is 1. The van der Waals surface area contributed by atoms with Crippen molar-refractivity contribution in [2.24, 2.45) is 5.92 Å². The maximum absolute atomic E-state index is 12.0. The predicted molar refractivity (Wildman–Crippen MR) is 85.8 cm³/mol. The summed E-state index contributed by atoms with van der Waals surface area (Å²) >= 11 is 0. The number of aromatic amines is 1. The Labute approximate surface area is 129 Å². The van der Waals surface area contributed by atoms with Gasteiger partial charge in [0.15, 0.2) is 0 Å². The fourth-order valence-electron chi connectivity index (χ4n) is 2.61. The number of fused-ring (bicyclic) bond motifs is 1. The van der Waals surface area contributed by atoms with Crippen LogP contribution in [0.4, 0.5) is 0 Å². The molecule has 1 aromatic carbocycles. The molecule has 1 amide bonds. The molecule has 1 heterocycles. The number of aliphatic carboxylic acids is 1. The molecule has 5 nitrogen and oxygen atoms in total. The maximum atomic E-state index is 12.0. The van der Waals surface area contributed by atoms with Crippen molar-refractivity contribution in [3.8, 4) is 0 Å². The summed E-state index contributed by atoms with van der Waals surface area (Å²) in [5, 5.41) is 12.6. The predicted octanol–water partition coefficient (Wildman–Crippen LogP) is 2.50. The van der Waals surface area contributed by atoms with Crippen molar-refractivity contribution < 1.29 is 14.7 Å². The Bertz CT molecular complexity index is 676. The molecule has 3 N–H and O–H groups in total. The number of carboxylic acid groups (broad SMARTS) is 1. The van der Waals surface area contributed by atoms with Crippen LogP contribution in [0.5, 0.6) is 0 Å². The summed E-state index contributed by atoms with van der Waals surface area (Å²) in [6.07, 6.45) is 3.18. The Morgan fingerprint density at radius 1 is 1.32 bits per heavy atom. The molecule has 1 unspecified atom stereocenters. The molecule has 2 rings (SSSR count). The monoisotopic (exact) mass is 302 g/mol. The number of hydrogen-bond acceptors (Lipinski definition) is 2. The Morgan fingerprint density at radius 2 is 2.09 bits per heavy atom. The van der Waals surface area contributed by atoms with Crippen molar-refractivity contribution in [1.82, 2.24) is 10.3 Å². The molecule has 0 fully saturated rings. The minimum Gasteiger partial charge on any atom is -0.481 e. The van der Waals surface area contributed by atoms with E-state index in [1.54, 1.807) is 0 Å². The number of carboxylic acids is 1. The van der Waals surface area contributed by atoms with Crippen LogP contribution in [0.1, 0.15) is 31.4 Å². The average molecular weight is 302 g/mol. The molecule has 0 radical (unpaired) electrons. The van der Waals surface area contributed by atoms with Crippen LogP contribution in [-0.4, -0.2) is 28.5 Å². The Morgan fingerprint density at radius 3 is 2.77 bits per heavy atom. The van der Waals surface area contributed by atoms with Crippen LogP contribution in [-0.2, 0) is 22.4 Å². The fourth-order valence-corrected chi connectivity index (χ4v) is 2.61. The molecule has 0 saturated carbocycles. The zero-order valence-electron chi connectivity index (χ0n) is 13.0. The highest BCUT2D eigenvalue weighted by Gasteiger charge is 2.12. The zero-order chi connectivity index (χ0) is 16.1. The van der Waals surface area contributed by atoms with Crippen LogP contribution in [0.15, 0.2) is 24.4 Å². The smallest absolute Gasteiger partial charge is 0.303 e. The van der Waals surface area contributed by atoms with Crippen molar-refractivity contribution in [1.29, 1.82) is 0 Å². The van der Waals surface area contributed by atoms with Crippen LogP contribution in [0, 0.1) is 5.92 Å². The molecule has 0 aliphatic heterocycles. The minimum absolute atomic E-state index is 0.0627. The Kier molecular flexibility index (Phi) is 5.20. The van der Waals surface area contributed by atoms with E-state index in [9.17, 15) is 9.59 Å². The number of rotatable bonds is 7. The van der Waals surface area contributed by atoms with E-state index in [1.165, 1.54) is 5.56 Å². The van der Waals surface area contributed by atoms with Gasteiger partial charge in [0.2, 0.25) is 5.91 Å². The third-order valence-corrected chi connectivity index (χ3v) is 3.79. The van der Waals surface area contributed by atoms with Gasteiger partial charge in [-0.15, -0.1) is 0 Å². The number of H-pyrrole nitrogens is 1. The molecule has 1 atom stereocenters. The normalized spacial score (nSPS) is 12.3. The number of aryl methyl sites for hydroxylation is 1. The molecule has 0 spiro atoms. The number of nitrogens with one attached hydrogen (secondary N) is 2. The first kappa shape index (κ1) is 16.1. The molecule has 1 aromatic heterocycles. The molecule has 0 aliphatic carbocycles. The number of hydrogen-bond donors (Lipinski definition) is 3. The first-order valence-corrected chi connectivity index (χ1v) is 7.57. The van der Waals surface area contributed by atoms with Gasteiger partial charge in [0, 0.05) is 30.1 Å². The van der Waals surface area contributed by atoms with Gasteiger partial charge in [-0.1, -0.05) is 32.0 Å². The van der Waals surface area contributed by atoms with Gasteiger partial charge in [0.1, 0.15) is 0 Å². The third-order valence-electron chi connectivity index (χ3n) is 3.79. The number of carbonyl (C=O) groups excluding carboxylic acids is 1. The molecular weight excluding hydrogens is 280 g/mol. The van der Waals surface area contributed by atoms with Gasteiger partial charge in [0.25, 0.3) is 0 Å². The summed E-state index contributed by atoms with van der Waals surface area (Å²) in [7, 11) is 0. The van der Waals surface area contributed by atoms with Gasteiger partial charge in [-0.25, -0.2) is 0 Å². The van der Waals surface area contributed by atoms with Crippen molar-refractivity contribution >= 4 is 22.8 Å². The van der Waals surface area contributed by atoms with E-state index >= 15 is 0 Å². The number of aromatic nitrogens is 1. The van der Waals surface area contributed by atoms with Crippen LogP contribution in [0.25, 0.3) is 10.9 Å². The molecule has 2 aromatic rings. The molecule has 0 saturated heterocycles.